The molecular formula is C21H18ClF3N2O6. The van der Waals surface area contributed by atoms with Gasteiger partial charge in [-0.3, -0.25) is 9.59 Å². The molecule has 0 aromatic heterocycles. The van der Waals surface area contributed by atoms with Gasteiger partial charge in [-0.1, -0.05) is 11.6 Å². The standard InChI is InChI=1S/C21H18ClF3N2O6/c1-10(20(29)26-9-16(28)27-14-4-3-13(23)17(24)18(14)25)33-21(30)11-7-12(22)19-15(8-11)31-5-2-6-32-19/h3-4,7-8,10H,2,5-6,9H2,1H3,(H,26,29)(H,27,28). The summed E-state index contributed by atoms with van der Waals surface area (Å²) in [5.74, 6) is -6.78. The maximum atomic E-state index is 13.6. The van der Waals surface area contributed by atoms with Crippen molar-refractivity contribution >= 4 is 35.1 Å². The predicted molar refractivity (Wildman–Crippen MR) is 110 cm³/mol. The van der Waals surface area contributed by atoms with Crippen molar-refractivity contribution in [2.24, 2.45) is 0 Å². The lowest BCUT2D eigenvalue weighted by molar-refractivity contribution is -0.130. The van der Waals surface area contributed by atoms with Gasteiger partial charge in [0.15, 0.2) is 35.1 Å². The van der Waals surface area contributed by atoms with E-state index in [1.54, 1.807) is 0 Å². The topological polar surface area (TPSA) is 103 Å². The van der Waals surface area contributed by atoms with Gasteiger partial charge in [-0.15, -0.1) is 0 Å². The zero-order valence-corrected chi connectivity index (χ0v) is 17.9. The Kier molecular flexibility index (Phi) is 7.64. The number of esters is 1. The number of nitrogens with one attached hydrogen (secondary N) is 2. The minimum absolute atomic E-state index is 0.0236. The minimum Gasteiger partial charge on any atom is -0.489 e. The van der Waals surface area contributed by atoms with Gasteiger partial charge in [0.25, 0.3) is 5.91 Å². The van der Waals surface area contributed by atoms with Gasteiger partial charge in [-0.25, -0.2) is 18.0 Å². The van der Waals surface area contributed by atoms with E-state index in [-0.39, 0.29) is 16.3 Å². The SMILES string of the molecule is CC(OC(=O)c1cc(Cl)c2c(c1)OCCCO2)C(=O)NCC(=O)Nc1ccc(F)c(F)c1F. The van der Waals surface area contributed by atoms with Gasteiger partial charge in [0.05, 0.1) is 36.0 Å². The zero-order chi connectivity index (χ0) is 24.1. The molecule has 3 rings (SSSR count). The van der Waals surface area contributed by atoms with Crippen LogP contribution in [0.25, 0.3) is 0 Å². The number of halogens is 4. The first kappa shape index (κ1) is 24.2. The summed E-state index contributed by atoms with van der Waals surface area (Å²) in [7, 11) is 0. The van der Waals surface area contributed by atoms with Gasteiger partial charge in [0.2, 0.25) is 5.91 Å². The molecule has 1 unspecified atom stereocenters. The highest BCUT2D eigenvalue weighted by atomic mass is 35.5. The van der Waals surface area contributed by atoms with Crippen LogP contribution in [0.3, 0.4) is 0 Å². The molecule has 176 valence electrons. The number of fused-ring (bicyclic) bond motifs is 1. The normalized spacial score (nSPS) is 13.5. The van der Waals surface area contributed by atoms with Crippen LogP contribution >= 0.6 is 11.6 Å². The minimum atomic E-state index is -1.74. The van der Waals surface area contributed by atoms with Gasteiger partial charge in [-0.05, 0) is 31.2 Å². The number of carbonyl (C=O) groups excluding carboxylic acids is 3. The van der Waals surface area contributed by atoms with E-state index >= 15 is 0 Å². The Labute approximate surface area is 190 Å². The summed E-state index contributed by atoms with van der Waals surface area (Å²) in [6.07, 6.45) is -0.668. The monoisotopic (exact) mass is 486 g/mol. The number of carbonyl (C=O) groups is 3. The molecule has 8 nitrogen and oxygen atoms in total. The third-order valence-corrected chi connectivity index (χ3v) is 4.70. The van der Waals surface area contributed by atoms with E-state index < -0.39 is 53.6 Å². The maximum Gasteiger partial charge on any atom is 0.339 e. The molecular weight excluding hydrogens is 469 g/mol. The Hall–Kier alpha value is -3.47. The molecule has 1 heterocycles. The van der Waals surface area contributed by atoms with Crippen LogP contribution in [0.5, 0.6) is 11.5 Å². The Morgan fingerprint density at radius 2 is 1.85 bits per heavy atom. The number of anilines is 1. The van der Waals surface area contributed by atoms with Gasteiger partial charge in [0, 0.05) is 6.42 Å². The molecule has 1 aliphatic rings. The third kappa shape index (κ3) is 5.86. The lowest BCUT2D eigenvalue weighted by Crippen LogP contribution is -2.40. The molecule has 1 aliphatic heterocycles. The number of benzene rings is 2. The second-order valence-corrected chi connectivity index (χ2v) is 7.28. The van der Waals surface area contributed by atoms with E-state index in [0.29, 0.717) is 31.5 Å². The van der Waals surface area contributed by atoms with Crippen LogP contribution in [-0.2, 0) is 14.3 Å². The van der Waals surface area contributed by atoms with Crippen LogP contribution in [0.4, 0.5) is 18.9 Å². The lowest BCUT2D eigenvalue weighted by atomic mass is 10.2. The van der Waals surface area contributed by atoms with E-state index in [9.17, 15) is 27.6 Å². The van der Waals surface area contributed by atoms with E-state index in [2.05, 4.69) is 5.32 Å². The molecule has 0 saturated carbocycles. The molecule has 0 saturated heterocycles. The van der Waals surface area contributed by atoms with Crippen molar-refractivity contribution in [3.8, 4) is 11.5 Å². The van der Waals surface area contributed by atoms with E-state index in [1.165, 1.54) is 19.1 Å². The predicted octanol–water partition coefficient (Wildman–Crippen LogP) is 3.22. The smallest absolute Gasteiger partial charge is 0.339 e. The maximum absolute atomic E-state index is 13.6. The van der Waals surface area contributed by atoms with Crippen LogP contribution in [0.15, 0.2) is 24.3 Å². The van der Waals surface area contributed by atoms with Crippen molar-refractivity contribution in [3.63, 3.8) is 0 Å². The quantitative estimate of drug-likeness (QED) is 0.480. The molecule has 0 aliphatic carbocycles. The third-order valence-electron chi connectivity index (χ3n) is 4.42. The fourth-order valence-corrected chi connectivity index (χ4v) is 3.02. The number of hydrogen-bond acceptors (Lipinski definition) is 6. The average Bonchev–Trinajstić information content (AvgIpc) is 3.03. The number of amides is 2. The molecule has 12 heteroatoms. The summed E-state index contributed by atoms with van der Waals surface area (Å²) in [4.78, 5) is 36.4. The summed E-state index contributed by atoms with van der Waals surface area (Å²) in [6.45, 7) is 1.40. The highest BCUT2D eigenvalue weighted by Gasteiger charge is 2.23. The fraction of sp³-hybridized carbons (Fsp3) is 0.286. The van der Waals surface area contributed by atoms with Crippen molar-refractivity contribution in [2.75, 3.05) is 25.1 Å². The van der Waals surface area contributed by atoms with Crippen LogP contribution in [0.2, 0.25) is 5.02 Å². The highest BCUT2D eigenvalue weighted by Crippen LogP contribution is 2.38. The van der Waals surface area contributed by atoms with E-state index in [4.69, 9.17) is 25.8 Å². The van der Waals surface area contributed by atoms with Crippen molar-refractivity contribution < 1.29 is 41.8 Å². The van der Waals surface area contributed by atoms with Crippen molar-refractivity contribution in [1.29, 1.82) is 0 Å². The summed E-state index contributed by atoms with van der Waals surface area (Å²) in [5, 5.41) is 4.32. The average molecular weight is 487 g/mol. The highest BCUT2D eigenvalue weighted by molar-refractivity contribution is 6.32. The second kappa shape index (κ2) is 10.4. The van der Waals surface area contributed by atoms with E-state index in [0.717, 1.165) is 6.07 Å². The molecule has 0 spiro atoms. The van der Waals surface area contributed by atoms with Gasteiger partial charge >= 0.3 is 5.97 Å². The first-order chi connectivity index (χ1) is 15.7. The van der Waals surface area contributed by atoms with Crippen molar-refractivity contribution in [3.05, 3.63) is 52.3 Å². The molecule has 1 atom stereocenters. The van der Waals surface area contributed by atoms with Gasteiger partial charge in [-0.2, -0.15) is 0 Å². The van der Waals surface area contributed by atoms with Crippen LogP contribution < -0.4 is 20.1 Å². The largest absolute Gasteiger partial charge is 0.489 e. The summed E-state index contributed by atoms with van der Waals surface area (Å²) in [6, 6.07) is 4.16. The Morgan fingerprint density at radius 3 is 2.61 bits per heavy atom. The van der Waals surface area contributed by atoms with Crippen molar-refractivity contribution in [1.82, 2.24) is 5.32 Å². The molecule has 2 amide bonds. The second-order valence-electron chi connectivity index (χ2n) is 6.87. The summed E-state index contributed by atoms with van der Waals surface area (Å²) in [5.41, 5.74) is -0.575. The Morgan fingerprint density at radius 1 is 1.12 bits per heavy atom. The lowest BCUT2D eigenvalue weighted by Gasteiger charge is -2.15. The number of ether oxygens (including phenoxy) is 3. The van der Waals surface area contributed by atoms with Gasteiger partial charge < -0.3 is 24.8 Å². The molecule has 0 radical (unpaired) electrons. The first-order valence-corrected chi connectivity index (χ1v) is 10.1. The molecule has 33 heavy (non-hydrogen) atoms. The molecule has 0 bridgehead atoms. The number of hydrogen-bond donors (Lipinski definition) is 2. The van der Waals surface area contributed by atoms with Crippen LogP contribution in [0.1, 0.15) is 23.7 Å². The van der Waals surface area contributed by atoms with Crippen LogP contribution in [0, 0.1) is 17.5 Å². The fourth-order valence-electron chi connectivity index (χ4n) is 2.76. The first-order valence-electron chi connectivity index (χ1n) is 9.68. The molecule has 2 aromatic carbocycles. The van der Waals surface area contributed by atoms with Crippen LogP contribution in [-0.4, -0.2) is 43.6 Å². The van der Waals surface area contributed by atoms with E-state index in [1.807, 2.05) is 5.32 Å². The number of rotatable bonds is 6. The Bertz CT molecular complexity index is 1100. The zero-order valence-electron chi connectivity index (χ0n) is 17.2. The molecule has 0 fully saturated rings. The van der Waals surface area contributed by atoms with Crippen molar-refractivity contribution in [2.45, 2.75) is 19.4 Å². The molecule has 2 aromatic rings. The molecule has 2 N–H and O–H groups in total. The van der Waals surface area contributed by atoms with Gasteiger partial charge in [0.1, 0.15) is 0 Å². The summed E-state index contributed by atoms with van der Waals surface area (Å²) >= 11 is 6.14. The summed E-state index contributed by atoms with van der Waals surface area (Å²) < 4.78 is 55.8. The Balaban J connectivity index is 1.55.